The normalized spacial score (nSPS) is 12.7. The lowest BCUT2D eigenvalue weighted by Gasteiger charge is -2.24. The number of likely N-dealkylation sites (N-methyl/N-ethyl adjacent to an activating group) is 1. The first-order valence-corrected chi connectivity index (χ1v) is 15.9. The molecule has 0 atom stereocenters. The van der Waals surface area contributed by atoms with Gasteiger partial charge in [0.1, 0.15) is 12.4 Å². The summed E-state index contributed by atoms with van der Waals surface area (Å²) < 4.78 is 53.8. The average molecular weight is 639 g/mol. The van der Waals surface area contributed by atoms with Crippen LogP contribution in [0.2, 0.25) is 0 Å². The number of aryl methyl sites for hydroxylation is 1. The molecular formula is C34H34F4N4O2S. The van der Waals surface area contributed by atoms with Gasteiger partial charge < -0.3 is 10.2 Å². The number of nitrogens with zero attached hydrogens (tertiary/aromatic N) is 3. The van der Waals surface area contributed by atoms with Crippen molar-refractivity contribution in [2.24, 2.45) is 0 Å². The Hall–Kier alpha value is -3.96. The molecule has 1 aromatic heterocycles. The van der Waals surface area contributed by atoms with E-state index in [0.717, 1.165) is 53.9 Å². The maximum Gasteiger partial charge on any atom is 0.416 e. The quantitative estimate of drug-likeness (QED) is 0.0833. The van der Waals surface area contributed by atoms with Gasteiger partial charge in [-0.15, -0.1) is 0 Å². The lowest BCUT2D eigenvalue weighted by atomic mass is 10.0. The molecule has 11 heteroatoms. The zero-order chi connectivity index (χ0) is 32.0. The largest absolute Gasteiger partial charge is 0.416 e. The molecule has 4 aromatic rings. The number of aromatic nitrogens is 2. The van der Waals surface area contributed by atoms with Gasteiger partial charge in [-0.3, -0.25) is 14.2 Å². The van der Waals surface area contributed by atoms with Crippen LogP contribution in [0.3, 0.4) is 0 Å². The van der Waals surface area contributed by atoms with Crippen LogP contribution in [-0.4, -0.2) is 40.0 Å². The first kappa shape index (κ1) is 32.4. The number of rotatable bonds is 12. The molecule has 6 nitrogen and oxygen atoms in total. The highest BCUT2D eigenvalue weighted by Crippen LogP contribution is 2.31. The molecule has 5 rings (SSSR count). The van der Waals surface area contributed by atoms with Crippen molar-refractivity contribution >= 4 is 17.7 Å². The van der Waals surface area contributed by atoms with Crippen LogP contribution >= 0.6 is 11.8 Å². The van der Waals surface area contributed by atoms with Crippen LogP contribution in [0, 0.1) is 5.82 Å². The topological polar surface area (TPSA) is 67.2 Å². The highest BCUT2D eigenvalue weighted by atomic mass is 32.2. The fourth-order valence-electron chi connectivity index (χ4n) is 5.28. The van der Waals surface area contributed by atoms with Gasteiger partial charge in [-0.2, -0.15) is 13.2 Å². The van der Waals surface area contributed by atoms with Crippen LogP contribution in [0.15, 0.2) is 82.7 Å². The van der Waals surface area contributed by atoms with Gasteiger partial charge in [-0.25, -0.2) is 9.37 Å². The molecule has 1 N–H and O–H groups in total. The summed E-state index contributed by atoms with van der Waals surface area (Å²) in [5, 5.41) is 3.71. The van der Waals surface area contributed by atoms with E-state index < -0.39 is 11.7 Å². The first-order chi connectivity index (χ1) is 21.6. The summed E-state index contributed by atoms with van der Waals surface area (Å²) in [7, 11) is 0. The average Bonchev–Trinajstić information content (AvgIpc) is 3.51. The fourth-order valence-corrected chi connectivity index (χ4v) is 6.24. The number of nitrogens with one attached hydrogen (secondary N) is 1. The number of alkyl halides is 3. The molecule has 1 heterocycles. The van der Waals surface area contributed by atoms with Crippen LogP contribution in [0.1, 0.15) is 41.3 Å². The first-order valence-electron chi connectivity index (χ1n) is 14.9. The second-order valence-electron chi connectivity index (χ2n) is 10.9. The molecule has 1 aliphatic carbocycles. The summed E-state index contributed by atoms with van der Waals surface area (Å²) in [6, 6.07) is 18.5. The van der Waals surface area contributed by atoms with Gasteiger partial charge in [0.15, 0.2) is 5.16 Å². The molecule has 3 aromatic carbocycles. The van der Waals surface area contributed by atoms with Crippen LogP contribution in [0.4, 0.5) is 17.6 Å². The summed E-state index contributed by atoms with van der Waals surface area (Å²) in [4.78, 5) is 33.9. The SMILES string of the molecule is CCNCCN(Cc1ccc(-c2ccc(C(F)(F)F)cc2)cc1)C(=O)Cn1c(SCc2ccc(F)cc2)nc2c(c1=O)CCC2. The van der Waals surface area contributed by atoms with Crippen molar-refractivity contribution in [2.45, 2.75) is 56.4 Å². The zero-order valence-electron chi connectivity index (χ0n) is 24.9. The van der Waals surface area contributed by atoms with Crippen molar-refractivity contribution in [3.05, 3.63) is 117 Å². The van der Waals surface area contributed by atoms with Crippen molar-refractivity contribution in [1.82, 2.24) is 19.8 Å². The van der Waals surface area contributed by atoms with Crippen LogP contribution < -0.4 is 10.9 Å². The summed E-state index contributed by atoms with van der Waals surface area (Å²) >= 11 is 1.35. The number of benzene rings is 3. The van der Waals surface area contributed by atoms with E-state index in [4.69, 9.17) is 4.98 Å². The standard InChI is InChI=1S/C34H34F4N4O2S/c1-2-39-18-19-41(20-23-6-10-25(11-7-23)26-12-14-27(15-13-26)34(36,37)38)31(43)21-42-32(44)29-4-3-5-30(29)40-33(42)45-22-24-8-16-28(35)17-9-24/h6-17,39H,2-5,18-22H2,1H3. The van der Waals surface area contributed by atoms with Crippen molar-refractivity contribution in [3.8, 4) is 11.1 Å². The summed E-state index contributed by atoms with van der Waals surface area (Å²) in [6.07, 6.45) is -2.20. The minimum atomic E-state index is -4.39. The lowest BCUT2D eigenvalue weighted by molar-refractivity contribution is -0.137. The number of hydrogen-bond acceptors (Lipinski definition) is 5. The molecule has 0 saturated carbocycles. The highest BCUT2D eigenvalue weighted by molar-refractivity contribution is 7.98. The Kier molecular flexibility index (Phi) is 10.4. The van der Waals surface area contributed by atoms with E-state index in [9.17, 15) is 27.2 Å². The van der Waals surface area contributed by atoms with E-state index in [1.807, 2.05) is 31.2 Å². The molecule has 0 saturated heterocycles. The number of amides is 1. The van der Waals surface area contributed by atoms with E-state index in [0.29, 0.717) is 48.1 Å². The predicted molar refractivity (Wildman–Crippen MR) is 167 cm³/mol. The van der Waals surface area contributed by atoms with Crippen molar-refractivity contribution in [3.63, 3.8) is 0 Å². The molecule has 45 heavy (non-hydrogen) atoms. The van der Waals surface area contributed by atoms with Crippen LogP contribution in [0.25, 0.3) is 11.1 Å². The second kappa shape index (κ2) is 14.4. The number of carbonyl (C=O) groups excluding carboxylic acids is 1. The predicted octanol–water partition coefficient (Wildman–Crippen LogP) is 6.49. The fraction of sp³-hybridized carbons (Fsp3) is 0.324. The Balaban J connectivity index is 1.34. The van der Waals surface area contributed by atoms with E-state index >= 15 is 0 Å². The van der Waals surface area contributed by atoms with Gasteiger partial charge in [0.05, 0.1) is 11.3 Å². The Morgan fingerprint density at radius 2 is 1.60 bits per heavy atom. The van der Waals surface area contributed by atoms with E-state index in [-0.39, 0.29) is 23.8 Å². The van der Waals surface area contributed by atoms with E-state index in [1.165, 1.54) is 40.6 Å². The van der Waals surface area contributed by atoms with E-state index in [2.05, 4.69) is 5.32 Å². The third kappa shape index (κ3) is 8.20. The molecule has 0 aliphatic heterocycles. The number of carbonyl (C=O) groups is 1. The Labute approximate surface area is 263 Å². The summed E-state index contributed by atoms with van der Waals surface area (Å²) in [5.74, 6) is -0.0891. The highest BCUT2D eigenvalue weighted by Gasteiger charge is 2.30. The maximum atomic E-state index is 13.8. The van der Waals surface area contributed by atoms with Gasteiger partial charge in [-0.05, 0) is 72.3 Å². The van der Waals surface area contributed by atoms with Crippen LogP contribution in [0.5, 0.6) is 0 Å². The smallest absolute Gasteiger partial charge is 0.336 e. The lowest BCUT2D eigenvalue weighted by Crippen LogP contribution is -2.41. The molecule has 0 radical (unpaired) electrons. The Morgan fingerprint density at radius 3 is 2.24 bits per heavy atom. The molecule has 236 valence electrons. The molecule has 0 unspecified atom stereocenters. The number of halogens is 4. The molecule has 0 fully saturated rings. The molecular weight excluding hydrogens is 604 g/mol. The molecule has 1 aliphatic rings. The number of fused-ring (bicyclic) bond motifs is 1. The number of thioether (sulfide) groups is 1. The minimum Gasteiger partial charge on any atom is -0.336 e. The molecule has 1 amide bonds. The van der Waals surface area contributed by atoms with Crippen molar-refractivity contribution in [1.29, 1.82) is 0 Å². The Morgan fingerprint density at radius 1 is 0.956 bits per heavy atom. The Bertz CT molecular complexity index is 1670. The van der Waals surface area contributed by atoms with Crippen molar-refractivity contribution in [2.75, 3.05) is 19.6 Å². The monoisotopic (exact) mass is 638 g/mol. The summed E-state index contributed by atoms with van der Waals surface area (Å²) in [5.41, 5.74) is 3.68. The molecule has 0 spiro atoms. The van der Waals surface area contributed by atoms with Gasteiger partial charge in [0, 0.05) is 31.0 Å². The third-order valence-electron chi connectivity index (χ3n) is 7.76. The van der Waals surface area contributed by atoms with Gasteiger partial charge in [0.2, 0.25) is 5.91 Å². The zero-order valence-corrected chi connectivity index (χ0v) is 25.7. The van der Waals surface area contributed by atoms with Crippen molar-refractivity contribution < 1.29 is 22.4 Å². The number of hydrogen-bond donors (Lipinski definition) is 1. The second-order valence-corrected chi connectivity index (χ2v) is 11.9. The van der Waals surface area contributed by atoms with E-state index in [1.54, 1.807) is 17.0 Å². The van der Waals surface area contributed by atoms with Gasteiger partial charge >= 0.3 is 6.18 Å². The maximum absolute atomic E-state index is 13.8. The summed E-state index contributed by atoms with van der Waals surface area (Å²) in [6.45, 7) is 3.83. The van der Waals surface area contributed by atoms with Gasteiger partial charge in [-0.1, -0.05) is 67.2 Å². The molecule has 0 bridgehead atoms. The minimum absolute atomic E-state index is 0.166. The third-order valence-corrected chi connectivity index (χ3v) is 8.81. The van der Waals surface area contributed by atoms with Crippen LogP contribution in [-0.2, 0) is 42.7 Å². The van der Waals surface area contributed by atoms with Gasteiger partial charge in [0.25, 0.3) is 5.56 Å².